The molecule has 0 radical (unpaired) electrons. The summed E-state index contributed by atoms with van der Waals surface area (Å²) in [4.78, 5) is 5.60. The van der Waals surface area contributed by atoms with Gasteiger partial charge in [-0.1, -0.05) is 106 Å². The van der Waals surface area contributed by atoms with Crippen LogP contribution in [0.25, 0.3) is 5.32 Å². The van der Waals surface area contributed by atoms with E-state index in [9.17, 15) is 43.9 Å². The van der Waals surface area contributed by atoms with E-state index in [1.54, 1.807) is 0 Å². The van der Waals surface area contributed by atoms with E-state index in [0.29, 0.717) is 0 Å². The predicted octanol–water partition coefficient (Wildman–Crippen LogP) is 14.8. The summed E-state index contributed by atoms with van der Waals surface area (Å²) in [7, 11) is 0. The maximum absolute atomic E-state index is 15.5. The fraction of sp³-hybridized carbons (Fsp3) is 0.579. The molecule has 0 saturated carbocycles. The Hall–Kier alpha value is -3.32. The molecule has 0 spiro atoms. The van der Waals surface area contributed by atoms with E-state index in [1.807, 2.05) is 0 Å². The average molecular weight is 872 g/mol. The van der Waals surface area contributed by atoms with E-state index in [4.69, 9.17) is 0 Å². The Morgan fingerprint density at radius 3 is 1.18 bits per heavy atom. The fourth-order valence-corrected chi connectivity index (χ4v) is 4.81. The van der Waals surface area contributed by atoms with E-state index in [0.717, 1.165) is 12.8 Å². The summed E-state index contributed by atoms with van der Waals surface area (Å²) < 4.78 is 201. The number of hydrogen-bond acceptors (Lipinski definition) is 1. The zero-order valence-corrected chi connectivity index (χ0v) is 33.1. The minimum absolute atomic E-state index is 0. The molecule has 0 aromatic heterocycles. The third kappa shape index (κ3) is 11.6. The van der Waals surface area contributed by atoms with Crippen molar-refractivity contribution in [2.75, 3.05) is 0 Å². The number of hydrogen-bond donors (Lipinski definition) is 0. The van der Waals surface area contributed by atoms with Crippen LogP contribution in [-0.4, -0.2) is 47.7 Å². The molecule has 0 atom stereocenters. The molecule has 18 heteroatoms. The molecule has 2 aromatic rings. The molecule has 0 fully saturated rings. The molecular weight excluding hydrogens is 828 g/mol. The Labute approximate surface area is 328 Å². The van der Waals surface area contributed by atoms with Gasteiger partial charge in [0.25, 0.3) is 0 Å². The smallest absolute Gasteiger partial charge is 0.434 e. The minimum atomic E-state index is -7.15. The van der Waals surface area contributed by atoms with Crippen LogP contribution >= 0.6 is 0 Å². The molecule has 0 aliphatic carbocycles. The summed E-state index contributed by atoms with van der Waals surface area (Å²) in [6.45, 7) is 15.4. The summed E-state index contributed by atoms with van der Waals surface area (Å²) in [6, 6.07) is 7.41. The Balaban J connectivity index is 0.00000398. The molecule has 56 heavy (non-hydrogen) atoms. The topological polar surface area (TPSA) is 38.8 Å². The second-order valence-electron chi connectivity index (χ2n) is 13.5. The van der Waals surface area contributed by atoms with Crippen LogP contribution < -0.4 is 0 Å². The van der Waals surface area contributed by atoms with Gasteiger partial charge in [0.15, 0.2) is 0 Å². The third-order valence-corrected chi connectivity index (χ3v) is 7.87. The maximum atomic E-state index is 15.5. The van der Waals surface area contributed by atoms with Crippen molar-refractivity contribution in [3.63, 3.8) is 0 Å². The van der Waals surface area contributed by atoms with E-state index in [2.05, 4.69) is 41.0 Å². The number of para-hydroxylation sites is 2. The van der Waals surface area contributed by atoms with Gasteiger partial charge >= 0.3 is 53.1 Å². The van der Waals surface area contributed by atoms with Gasteiger partial charge in [0.2, 0.25) is 0 Å². The van der Waals surface area contributed by atoms with Gasteiger partial charge in [0.05, 0.1) is 5.69 Å². The standard InChI is InChI=1S/C32H34F14N3.C6H10.Cu/c1-15(2)19-11-9-12-20(16(3)4)23(19)47-25(27(33,34)29(37,38)31(41,42)43)49-26(28(35,36)30(39,40)32(44,45)46)48-24-21(17(5)6)13-10-14-22(24)18(7)8;1-3-5-6-4-2;/h9-18H,1-8H3;3-4H2,1-2H3;/q-1;;+1. The predicted molar refractivity (Wildman–Crippen MR) is 187 cm³/mol. The van der Waals surface area contributed by atoms with Crippen molar-refractivity contribution < 1.29 is 78.5 Å². The van der Waals surface area contributed by atoms with Gasteiger partial charge in [-0.15, -0.1) is 11.8 Å². The second kappa shape index (κ2) is 19.9. The zero-order chi connectivity index (χ0) is 43.1. The van der Waals surface area contributed by atoms with Crippen LogP contribution in [0.2, 0.25) is 0 Å². The maximum Gasteiger partial charge on any atom is 1.00 e. The summed E-state index contributed by atoms with van der Waals surface area (Å²) in [6.07, 6.45) is -12.2. The number of rotatable bonds is 10. The largest absolute Gasteiger partial charge is 1.00 e. The van der Waals surface area contributed by atoms with Crippen molar-refractivity contribution >= 4 is 23.0 Å². The molecule has 0 N–H and O–H groups in total. The summed E-state index contributed by atoms with van der Waals surface area (Å²) in [5.41, 5.74) is -1.96. The van der Waals surface area contributed by atoms with E-state index in [-0.39, 0.29) is 39.3 Å². The number of aliphatic imine (C=N–C) groups is 2. The number of alkyl halides is 14. The van der Waals surface area contributed by atoms with Gasteiger partial charge in [0.1, 0.15) is 5.84 Å². The molecule has 0 amide bonds. The molecule has 3 nitrogen and oxygen atoms in total. The van der Waals surface area contributed by atoms with Gasteiger partial charge in [-0.2, -0.15) is 61.5 Å². The number of nitrogens with zero attached hydrogens (tertiary/aromatic N) is 3. The molecule has 0 aliphatic heterocycles. The van der Waals surface area contributed by atoms with Crippen LogP contribution in [0.15, 0.2) is 46.4 Å². The molecule has 0 bridgehead atoms. The Bertz CT molecular complexity index is 1650. The molecule has 2 aromatic carbocycles. The molecule has 0 aliphatic rings. The Morgan fingerprint density at radius 2 is 0.875 bits per heavy atom. The normalized spacial score (nSPS) is 13.7. The summed E-state index contributed by atoms with van der Waals surface area (Å²) in [5, 5.41) is 3.19. The fourth-order valence-electron chi connectivity index (χ4n) is 4.81. The quantitative estimate of drug-likeness (QED) is 0.0750. The van der Waals surface area contributed by atoms with Gasteiger partial charge < -0.3 is 10.3 Å². The SMILES string of the molecule is CC(C)c1cccc(C(C)C)c1N=C(N=C([N-]c1c(C(C)C)cccc1C(C)C)C(F)(F)C(F)(F)C(F)(F)F)C(F)(F)C(F)(F)C(F)(F)F.CCC#CCC.[Cu+]. The first-order valence-electron chi connectivity index (χ1n) is 17.1. The molecule has 2 rings (SSSR count). The van der Waals surface area contributed by atoms with Crippen LogP contribution in [0.5, 0.6) is 0 Å². The first kappa shape index (κ1) is 52.7. The van der Waals surface area contributed by atoms with E-state index >= 15 is 17.6 Å². The Morgan fingerprint density at radius 1 is 0.554 bits per heavy atom. The minimum Gasteiger partial charge on any atom is -0.434 e. The zero-order valence-electron chi connectivity index (χ0n) is 32.1. The van der Waals surface area contributed by atoms with Crippen molar-refractivity contribution in [1.82, 2.24) is 0 Å². The third-order valence-electron chi connectivity index (χ3n) is 7.87. The first-order chi connectivity index (χ1) is 24.9. The average Bonchev–Trinajstić information content (AvgIpc) is 3.05. The molecule has 320 valence electrons. The molecular formula is C38H44CuF14N3. The Kier molecular flexibility index (Phi) is 18.7. The van der Waals surface area contributed by atoms with E-state index < -0.39 is 82.8 Å². The van der Waals surface area contributed by atoms with Crippen molar-refractivity contribution in [2.45, 2.75) is 142 Å². The molecule has 0 unspecified atom stereocenters. The summed E-state index contributed by atoms with van der Waals surface area (Å²) >= 11 is 0. The second-order valence-corrected chi connectivity index (χ2v) is 13.5. The molecule has 0 heterocycles. The van der Waals surface area contributed by atoms with Crippen LogP contribution in [0.3, 0.4) is 0 Å². The number of amidine groups is 2. The van der Waals surface area contributed by atoms with Gasteiger partial charge in [-0.25, -0.2) is 0 Å². The van der Waals surface area contributed by atoms with Crippen molar-refractivity contribution in [3.05, 3.63) is 64.0 Å². The van der Waals surface area contributed by atoms with Crippen molar-refractivity contribution in [2.24, 2.45) is 9.98 Å². The van der Waals surface area contributed by atoms with Crippen LogP contribution in [-0.2, 0) is 17.1 Å². The number of halogens is 14. The number of benzene rings is 2. The van der Waals surface area contributed by atoms with E-state index in [1.165, 1.54) is 91.8 Å². The summed E-state index contributed by atoms with van der Waals surface area (Å²) in [5.74, 6) is -31.1. The van der Waals surface area contributed by atoms with Crippen LogP contribution in [0.1, 0.15) is 128 Å². The van der Waals surface area contributed by atoms with Crippen molar-refractivity contribution in [3.8, 4) is 11.8 Å². The van der Waals surface area contributed by atoms with Gasteiger partial charge in [0, 0.05) is 12.8 Å². The van der Waals surface area contributed by atoms with Gasteiger partial charge in [-0.05, 0) is 57.4 Å². The van der Waals surface area contributed by atoms with Crippen LogP contribution in [0, 0.1) is 11.8 Å². The monoisotopic (exact) mass is 871 g/mol. The van der Waals surface area contributed by atoms with Gasteiger partial charge in [-0.3, -0.25) is 4.99 Å². The molecule has 0 saturated heterocycles. The van der Waals surface area contributed by atoms with Crippen LogP contribution in [0.4, 0.5) is 72.8 Å². The first-order valence-corrected chi connectivity index (χ1v) is 17.1. The van der Waals surface area contributed by atoms with Crippen molar-refractivity contribution in [1.29, 1.82) is 0 Å².